The Morgan fingerprint density at radius 1 is 1.14 bits per heavy atom. The standard InChI is InChI=1S/C20H15F4N3OS/c21-15(12-5-2-1-3-6-12)10-27-9-13-14(20(22,23)24)11-29-19(13)26-18(27)17-16(28)7-4-8-25-17/h1-8,11,15,28H,9-10H2. The molecule has 0 spiro atoms. The third-order valence-corrected chi connectivity index (χ3v) is 5.49. The van der Waals surface area contributed by atoms with Crippen molar-refractivity contribution in [3.05, 3.63) is 76.4 Å². The van der Waals surface area contributed by atoms with Gasteiger partial charge in [-0.1, -0.05) is 30.3 Å². The van der Waals surface area contributed by atoms with Gasteiger partial charge in [0.25, 0.3) is 0 Å². The first-order chi connectivity index (χ1) is 13.8. The molecule has 1 aromatic carbocycles. The van der Waals surface area contributed by atoms with Gasteiger partial charge in [-0.3, -0.25) is 0 Å². The Hall–Kier alpha value is -2.94. The summed E-state index contributed by atoms with van der Waals surface area (Å²) >= 11 is 0.863. The molecule has 4 nitrogen and oxygen atoms in total. The molecule has 1 atom stereocenters. The number of hydrogen-bond acceptors (Lipinski definition) is 5. The molecule has 0 saturated carbocycles. The first kappa shape index (κ1) is 19.4. The molecule has 0 amide bonds. The van der Waals surface area contributed by atoms with Crippen molar-refractivity contribution in [3.63, 3.8) is 0 Å². The monoisotopic (exact) mass is 421 g/mol. The fourth-order valence-corrected chi connectivity index (χ4v) is 4.13. The predicted octanol–water partition coefficient (Wildman–Crippen LogP) is 5.47. The summed E-state index contributed by atoms with van der Waals surface area (Å²) in [6.45, 7) is -0.415. The van der Waals surface area contributed by atoms with E-state index in [4.69, 9.17) is 0 Å². The second-order valence-corrected chi connectivity index (χ2v) is 7.35. The number of nitrogens with zero attached hydrogens (tertiary/aromatic N) is 3. The van der Waals surface area contributed by atoms with Gasteiger partial charge < -0.3 is 10.0 Å². The van der Waals surface area contributed by atoms with Gasteiger partial charge in [0.15, 0.2) is 5.84 Å². The molecule has 0 aliphatic carbocycles. The van der Waals surface area contributed by atoms with E-state index >= 15 is 0 Å². The number of halogens is 4. The van der Waals surface area contributed by atoms with Crippen LogP contribution in [-0.2, 0) is 12.7 Å². The molecule has 29 heavy (non-hydrogen) atoms. The Morgan fingerprint density at radius 3 is 2.59 bits per heavy atom. The van der Waals surface area contributed by atoms with Crippen molar-refractivity contribution in [3.8, 4) is 5.75 Å². The van der Waals surface area contributed by atoms with Crippen LogP contribution >= 0.6 is 11.3 Å². The summed E-state index contributed by atoms with van der Waals surface area (Å²) < 4.78 is 55.0. The number of fused-ring (bicyclic) bond motifs is 1. The molecule has 3 heterocycles. The van der Waals surface area contributed by atoms with Gasteiger partial charge in [-0.25, -0.2) is 14.4 Å². The minimum absolute atomic E-state index is 0.00179. The van der Waals surface area contributed by atoms with E-state index < -0.39 is 17.9 Å². The number of rotatable bonds is 4. The lowest BCUT2D eigenvalue weighted by atomic mass is 10.1. The van der Waals surface area contributed by atoms with Crippen LogP contribution in [0, 0.1) is 0 Å². The van der Waals surface area contributed by atoms with E-state index in [0.29, 0.717) is 5.56 Å². The van der Waals surface area contributed by atoms with Gasteiger partial charge >= 0.3 is 6.18 Å². The maximum atomic E-state index is 14.9. The lowest BCUT2D eigenvalue weighted by Crippen LogP contribution is -2.37. The van der Waals surface area contributed by atoms with Crippen LogP contribution in [0.3, 0.4) is 0 Å². The largest absolute Gasteiger partial charge is 0.506 e. The average Bonchev–Trinajstić information content (AvgIpc) is 3.12. The molecule has 1 unspecified atom stereocenters. The van der Waals surface area contributed by atoms with Crippen LogP contribution in [-0.4, -0.2) is 27.4 Å². The summed E-state index contributed by atoms with van der Waals surface area (Å²) in [4.78, 5) is 9.80. The molecule has 0 bridgehead atoms. The molecular weight excluding hydrogens is 406 g/mol. The Kier molecular flexibility index (Phi) is 4.99. The second kappa shape index (κ2) is 7.47. The molecule has 2 aromatic heterocycles. The van der Waals surface area contributed by atoms with Gasteiger partial charge in [-0.15, -0.1) is 11.3 Å². The van der Waals surface area contributed by atoms with Crippen LogP contribution in [0.1, 0.15) is 28.6 Å². The number of benzene rings is 1. The SMILES string of the molecule is Oc1cccnc1C1=Nc2scc(C(F)(F)F)c2CN1CC(F)c1ccccc1. The van der Waals surface area contributed by atoms with Crippen molar-refractivity contribution in [2.45, 2.75) is 18.9 Å². The lowest BCUT2D eigenvalue weighted by molar-refractivity contribution is -0.138. The first-order valence-electron chi connectivity index (χ1n) is 8.69. The fraction of sp³-hybridized carbons (Fsp3) is 0.200. The number of aromatic hydroxyl groups is 1. The molecule has 1 aliphatic rings. The molecule has 1 aliphatic heterocycles. The zero-order valence-corrected chi connectivity index (χ0v) is 15.7. The third-order valence-electron chi connectivity index (χ3n) is 4.57. The number of amidine groups is 1. The molecule has 0 radical (unpaired) electrons. The summed E-state index contributed by atoms with van der Waals surface area (Å²) in [6, 6.07) is 11.3. The topological polar surface area (TPSA) is 48.7 Å². The summed E-state index contributed by atoms with van der Waals surface area (Å²) in [6.07, 6.45) is -4.54. The van der Waals surface area contributed by atoms with E-state index in [9.17, 15) is 22.7 Å². The van der Waals surface area contributed by atoms with Crippen LogP contribution in [0.4, 0.5) is 22.6 Å². The van der Waals surface area contributed by atoms with E-state index in [1.54, 1.807) is 30.3 Å². The molecule has 3 aromatic rings. The van der Waals surface area contributed by atoms with Gasteiger partial charge in [-0.2, -0.15) is 13.2 Å². The van der Waals surface area contributed by atoms with Gasteiger partial charge in [-0.05, 0) is 17.7 Å². The Bertz CT molecular complexity index is 1050. The number of pyridine rings is 1. The second-order valence-electron chi connectivity index (χ2n) is 6.50. The Morgan fingerprint density at radius 2 is 1.90 bits per heavy atom. The minimum Gasteiger partial charge on any atom is -0.506 e. The first-order valence-corrected chi connectivity index (χ1v) is 9.57. The van der Waals surface area contributed by atoms with Crippen LogP contribution < -0.4 is 0 Å². The van der Waals surface area contributed by atoms with Crippen LogP contribution in [0.5, 0.6) is 5.75 Å². The van der Waals surface area contributed by atoms with Crippen LogP contribution in [0.2, 0.25) is 0 Å². The lowest BCUT2D eigenvalue weighted by Gasteiger charge is -2.31. The number of aliphatic imine (C=N–C) groups is 1. The van der Waals surface area contributed by atoms with Crippen molar-refractivity contribution < 1.29 is 22.7 Å². The van der Waals surface area contributed by atoms with Crippen LogP contribution in [0.25, 0.3) is 0 Å². The van der Waals surface area contributed by atoms with Crippen molar-refractivity contribution in [2.24, 2.45) is 4.99 Å². The molecule has 9 heteroatoms. The van der Waals surface area contributed by atoms with E-state index in [2.05, 4.69) is 9.98 Å². The van der Waals surface area contributed by atoms with Gasteiger partial charge in [0.1, 0.15) is 22.6 Å². The average molecular weight is 421 g/mol. The fourth-order valence-electron chi connectivity index (χ4n) is 3.17. The zero-order valence-electron chi connectivity index (χ0n) is 14.9. The minimum atomic E-state index is -4.52. The van der Waals surface area contributed by atoms with Crippen molar-refractivity contribution in [1.29, 1.82) is 0 Å². The highest BCUT2D eigenvalue weighted by Gasteiger charge is 2.38. The van der Waals surface area contributed by atoms with E-state index in [-0.39, 0.29) is 40.9 Å². The third kappa shape index (κ3) is 3.82. The quantitative estimate of drug-likeness (QED) is 0.568. The number of aromatic nitrogens is 1. The maximum absolute atomic E-state index is 14.9. The highest BCUT2D eigenvalue weighted by atomic mass is 32.1. The molecular formula is C20H15F4N3OS. The Balaban J connectivity index is 1.76. The van der Waals surface area contributed by atoms with E-state index in [1.807, 2.05) is 0 Å². The maximum Gasteiger partial charge on any atom is 0.417 e. The summed E-state index contributed by atoms with van der Waals surface area (Å²) in [5, 5.41) is 11.4. The highest BCUT2D eigenvalue weighted by molar-refractivity contribution is 7.14. The normalized spacial score (nSPS) is 15.0. The molecule has 4 rings (SSSR count). The molecule has 1 N–H and O–H groups in total. The summed E-state index contributed by atoms with van der Waals surface area (Å²) in [7, 11) is 0. The molecule has 0 fully saturated rings. The smallest absolute Gasteiger partial charge is 0.417 e. The summed E-state index contributed by atoms with van der Waals surface area (Å²) in [5.41, 5.74) is -0.266. The number of hydrogen-bond donors (Lipinski definition) is 1. The predicted molar refractivity (Wildman–Crippen MR) is 102 cm³/mol. The van der Waals surface area contributed by atoms with Crippen molar-refractivity contribution in [2.75, 3.05) is 6.54 Å². The van der Waals surface area contributed by atoms with Gasteiger partial charge in [0.05, 0.1) is 12.1 Å². The Labute approximate surface area is 167 Å². The van der Waals surface area contributed by atoms with Gasteiger partial charge in [0.2, 0.25) is 0 Å². The molecule has 0 saturated heterocycles. The van der Waals surface area contributed by atoms with Gasteiger partial charge in [0, 0.05) is 23.7 Å². The van der Waals surface area contributed by atoms with E-state index in [0.717, 1.165) is 16.7 Å². The van der Waals surface area contributed by atoms with Crippen molar-refractivity contribution >= 4 is 22.2 Å². The van der Waals surface area contributed by atoms with E-state index in [1.165, 1.54) is 23.2 Å². The number of thiophene rings is 1. The molecule has 150 valence electrons. The van der Waals surface area contributed by atoms with Crippen molar-refractivity contribution in [1.82, 2.24) is 9.88 Å². The number of alkyl halides is 4. The van der Waals surface area contributed by atoms with Crippen LogP contribution in [0.15, 0.2) is 59.0 Å². The summed E-state index contributed by atoms with van der Waals surface area (Å²) in [5.74, 6) is -0.0350. The zero-order chi connectivity index (χ0) is 20.6. The highest BCUT2D eigenvalue weighted by Crippen LogP contribution is 2.44.